The summed E-state index contributed by atoms with van der Waals surface area (Å²) in [6.45, 7) is 8.71. The molecule has 1 aromatic heterocycles. The van der Waals surface area contributed by atoms with Crippen LogP contribution < -0.4 is 10.6 Å². The van der Waals surface area contributed by atoms with Crippen LogP contribution in [0.2, 0.25) is 0 Å². The number of aromatic nitrogens is 1. The van der Waals surface area contributed by atoms with E-state index >= 15 is 0 Å². The molecule has 7 nitrogen and oxygen atoms in total. The molecule has 2 heterocycles. The average Bonchev–Trinajstić information content (AvgIpc) is 3.17. The van der Waals surface area contributed by atoms with E-state index in [0.29, 0.717) is 18.2 Å². The zero-order valence-corrected chi connectivity index (χ0v) is 18.4. The third kappa shape index (κ3) is 5.41. The maximum atomic E-state index is 12.3. The predicted octanol–water partition coefficient (Wildman–Crippen LogP) is 2.59. The standard InChI is InChI=1S/C24H31N5O2/c1-17-6-7-22(15-25-17)27-24(31)26-14-21-5-3-4-20-12-19(13-23(20)21)16-28-8-10-29(11-9-28)18(2)30/h3-7,15,19H,8-14,16H2,1-2H3,(H2,26,27,31). The molecule has 2 N–H and O–H groups in total. The molecule has 2 aliphatic rings. The van der Waals surface area contributed by atoms with E-state index in [1.807, 2.05) is 24.0 Å². The summed E-state index contributed by atoms with van der Waals surface area (Å²) in [4.78, 5) is 32.4. The van der Waals surface area contributed by atoms with E-state index in [9.17, 15) is 9.59 Å². The molecule has 0 spiro atoms. The summed E-state index contributed by atoms with van der Waals surface area (Å²) in [7, 11) is 0. The Balaban J connectivity index is 1.29. The molecule has 3 amide bonds. The molecule has 1 fully saturated rings. The Hall–Kier alpha value is -2.93. The van der Waals surface area contributed by atoms with Crippen LogP contribution >= 0.6 is 0 Å². The lowest BCUT2D eigenvalue weighted by atomic mass is 10.0. The van der Waals surface area contributed by atoms with E-state index in [1.165, 1.54) is 16.7 Å². The van der Waals surface area contributed by atoms with Crippen LogP contribution in [0.5, 0.6) is 0 Å². The van der Waals surface area contributed by atoms with Gasteiger partial charge in [-0.15, -0.1) is 0 Å². The summed E-state index contributed by atoms with van der Waals surface area (Å²) in [6, 6.07) is 9.92. The summed E-state index contributed by atoms with van der Waals surface area (Å²) in [5.74, 6) is 0.764. The molecular weight excluding hydrogens is 390 g/mol. The molecular formula is C24H31N5O2. The molecule has 31 heavy (non-hydrogen) atoms. The van der Waals surface area contributed by atoms with Crippen LogP contribution in [-0.4, -0.2) is 59.4 Å². The van der Waals surface area contributed by atoms with Crippen LogP contribution in [-0.2, 0) is 24.2 Å². The Morgan fingerprint density at radius 2 is 1.90 bits per heavy atom. The van der Waals surface area contributed by atoms with Gasteiger partial charge in [0.25, 0.3) is 0 Å². The first-order valence-electron chi connectivity index (χ1n) is 11.0. The smallest absolute Gasteiger partial charge is 0.319 e. The second kappa shape index (κ2) is 9.47. The normalized spacial score (nSPS) is 18.5. The van der Waals surface area contributed by atoms with Gasteiger partial charge >= 0.3 is 6.03 Å². The number of anilines is 1. The zero-order chi connectivity index (χ0) is 21.8. The maximum Gasteiger partial charge on any atom is 0.319 e. The summed E-state index contributed by atoms with van der Waals surface area (Å²) in [5.41, 5.74) is 5.58. The van der Waals surface area contributed by atoms with Crippen molar-refractivity contribution in [2.24, 2.45) is 5.92 Å². The third-order valence-electron chi connectivity index (χ3n) is 6.31. The molecule has 0 saturated carbocycles. The van der Waals surface area contributed by atoms with E-state index in [-0.39, 0.29) is 11.9 Å². The average molecular weight is 422 g/mol. The number of fused-ring (bicyclic) bond motifs is 1. The number of aryl methyl sites for hydroxylation is 1. The van der Waals surface area contributed by atoms with E-state index < -0.39 is 0 Å². The minimum atomic E-state index is -0.221. The highest BCUT2D eigenvalue weighted by molar-refractivity contribution is 5.89. The van der Waals surface area contributed by atoms with Gasteiger partial charge in [0.2, 0.25) is 5.91 Å². The molecule has 7 heteroatoms. The number of piperazine rings is 1. The number of rotatable bonds is 5. The molecule has 1 aliphatic heterocycles. The fourth-order valence-corrected chi connectivity index (χ4v) is 4.61. The van der Waals surface area contributed by atoms with Crippen molar-refractivity contribution in [2.75, 3.05) is 38.0 Å². The molecule has 0 bridgehead atoms. The molecule has 1 unspecified atom stereocenters. The molecule has 1 aromatic carbocycles. The van der Waals surface area contributed by atoms with Gasteiger partial charge in [0.1, 0.15) is 0 Å². The van der Waals surface area contributed by atoms with Crippen molar-refractivity contribution < 1.29 is 9.59 Å². The Labute approximate surface area is 183 Å². The van der Waals surface area contributed by atoms with Crippen molar-refractivity contribution in [1.29, 1.82) is 0 Å². The first-order valence-corrected chi connectivity index (χ1v) is 11.0. The van der Waals surface area contributed by atoms with Crippen molar-refractivity contribution in [3.63, 3.8) is 0 Å². The van der Waals surface area contributed by atoms with Crippen LogP contribution in [0, 0.1) is 12.8 Å². The fourth-order valence-electron chi connectivity index (χ4n) is 4.61. The van der Waals surface area contributed by atoms with Crippen LogP contribution in [0.25, 0.3) is 0 Å². The van der Waals surface area contributed by atoms with Crippen molar-refractivity contribution in [3.05, 3.63) is 58.9 Å². The highest BCUT2D eigenvalue weighted by Crippen LogP contribution is 2.30. The van der Waals surface area contributed by atoms with Gasteiger partial charge in [-0.25, -0.2) is 4.79 Å². The highest BCUT2D eigenvalue weighted by Gasteiger charge is 2.27. The molecule has 1 aliphatic carbocycles. The summed E-state index contributed by atoms with van der Waals surface area (Å²) < 4.78 is 0. The second-order valence-electron chi connectivity index (χ2n) is 8.63. The monoisotopic (exact) mass is 421 g/mol. The van der Waals surface area contributed by atoms with Crippen LogP contribution in [0.3, 0.4) is 0 Å². The van der Waals surface area contributed by atoms with Gasteiger partial charge in [0.05, 0.1) is 11.9 Å². The summed E-state index contributed by atoms with van der Waals surface area (Å²) in [6.07, 6.45) is 3.79. The summed E-state index contributed by atoms with van der Waals surface area (Å²) in [5, 5.41) is 5.81. The fraction of sp³-hybridized carbons (Fsp3) is 0.458. The number of pyridine rings is 1. The van der Waals surface area contributed by atoms with Crippen molar-refractivity contribution in [3.8, 4) is 0 Å². The number of hydrogen-bond acceptors (Lipinski definition) is 4. The Kier molecular flexibility index (Phi) is 6.51. The van der Waals surface area contributed by atoms with Crippen LogP contribution in [0.1, 0.15) is 29.3 Å². The Morgan fingerprint density at radius 3 is 2.61 bits per heavy atom. The Bertz CT molecular complexity index is 935. The molecule has 164 valence electrons. The van der Waals surface area contributed by atoms with Gasteiger partial charge in [-0.05, 0) is 54.5 Å². The number of nitrogens with zero attached hydrogens (tertiary/aromatic N) is 3. The van der Waals surface area contributed by atoms with E-state index in [1.54, 1.807) is 13.1 Å². The van der Waals surface area contributed by atoms with Crippen LogP contribution in [0.4, 0.5) is 10.5 Å². The minimum Gasteiger partial charge on any atom is -0.340 e. The topological polar surface area (TPSA) is 77.6 Å². The van der Waals surface area contributed by atoms with Gasteiger partial charge < -0.3 is 15.5 Å². The van der Waals surface area contributed by atoms with Gasteiger partial charge in [0, 0.05) is 51.9 Å². The number of hydrogen-bond donors (Lipinski definition) is 2. The first-order chi connectivity index (χ1) is 15.0. The van der Waals surface area contributed by atoms with Gasteiger partial charge in [-0.1, -0.05) is 18.2 Å². The highest BCUT2D eigenvalue weighted by atomic mass is 16.2. The predicted molar refractivity (Wildman–Crippen MR) is 121 cm³/mol. The van der Waals surface area contributed by atoms with Gasteiger partial charge in [-0.2, -0.15) is 0 Å². The molecule has 4 rings (SSSR count). The molecule has 1 saturated heterocycles. The van der Waals surface area contributed by atoms with Gasteiger partial charge in [-0.3, -0.25) is 14.7 Å². The maximum absolute atomic E-state index is 12.3. The van der Waals surface area contributed by atoms with Crippen molar-refractivity contribution in [1.82, 2.24) is 20.1 Å². The number of carbonyl (C=O) groups is 2. The third-order valence-corrected chi connectivity index (χ3v) is 6.31. The van der Waals surface area contributed by atoms with E-state index in [4.69, 9.17) is 0 Å². The largest absolute Gasteiger partial charge is 0.340 e. The lowest BCUT2D eigenvalue weighted by Gasteiger charge is -2.35. The summed E-state index contributed by atoms with van der Waals surface area (Å²) >= 11 is 0. The van der Waals surface area contributed by atoms with Crippen LogP contribution in [0.15, 0.2) is 36.5 Å². The zero-order valence-electron chi connectivity index (χ0n) is 18.4. The lowest BCUT2D eigenvalue weighted by molar-refractivity contribution is -0.130. The molecule has 0 radical (unpaired) electrons. The molecule has 1 atom stereocenters. The van der Waals surface area contributed by atoms with E-state index in [2.05, 4.69) is 38.7 Å². The number of carbonyl (C=O) groups excluding carboxylic acids is 2. The van der Waals surface area contributed by atoms with Crippen molar-refractivity contribution >= 4 is 17.6 Å². The number of amides is 3. The first kappa shape index (κ1) is 21.3. The minimum absolute atomic E-state index is 0.174. The van der Waals surface area contributed by atoms with E-state index in [0.717, 1.165) is 51.3 Å². The lowest BCUT2D eigenvalue weighted by Crippen LogP contribution is -2.49. The Morgan fingerprint density at radius 1 is 1.10 bits per heavy atom. The van der Waals surface area contributed by atoms with Gasteiger partial charge in [0.15, 0.2) is 0 Å². The number of nitrogens with one attached hydrogen (secondary N) is 2. The second-order valence-corrected chi connectivity index (χ2v) is 8.63. The number of benzene rings is 1. The quantitative estimate of drug-likeness (QED) is 0.778. The van der Waals surface area contributed by atoms with Crippen molar-refractivity contribution in [2.45, 2.75) is 33.2 Å². The number of urea groups is 1. The molecule has 2 aromatic rings. The SMILES string of the molecule is CC(=O)N1CCN(CC2Cc3cccc(CNC(=O)Nc4ccc(C)nc4)c3C2)CC1.